The summed E-state index contributed by atoms with van der Waals surface area (Å²) in [5.74, 6) is 0.633. The predicted molar refractivity (Wildman–Crippen MR) is 158 cm³/mol. The van der Waals surface area contributed by atoms with E-state index in [1.165, 1.54) is 27.4 Å². The number of hydrogen-bond donors (Lipinski definition) is 0. The standard InChI is InChI=1S/C21H25Si.C10H12SSi.2ClH.Zr/c1-15(2)18-13-17-7-6-8-20(21(17)14-18)16-9-11-19(12-10-16)22(3,4)5;1-6-9-7-4-5-11-8(7)10(6)12(9,2)3;;;/h6-15H,1-5H3;4-5,10H,1-3H3;2*1H;/q;;;;+2/p-2. The molecule has 2 aromatic carbocycles. The van der Waals surface area contributed by atoms with Crippen LogP contribution in [0.15, 0.2) is 65.1 Å². The van der Waals surface area contributed by atoms with Gasteiger partial charge < -0.3 is 24.8 Å². The molecule has 0 fully saturated rings. The van der Waals surface area contributed by atoms with Crippen molar-refractivity contribution in [1.82, 2.24) is 0 Å². The van der Waals surface area contributed by atoms with Crippen LogP contribution >= 0.6 is 11.3 Å². The summed E-state index contributed by atoms with van der Waals surface area (Å²) in [6.07, 6.45) is 2.46. The van der Waals surface area contributed by atoms with E-state index in [9.17, 15) is 0 Å². The first kappa shape index (κ1) is 31.0. The Morgan fingerprint density at radius 3 is 2.11 bits per heavy atom. The van der Waals surface area contributed by atoms with Crippen molar-refractivity contribution >= 4 is 43.9 Å². The van der Waals surface area contributed by atoms with Gasteiger partial charge in [0.15, 0.2) is 0 Å². The first-order chi connectivity index (χ1) is 16.4. The van der Waals surface area contributed by atoms with Crippen molar-refractivity contribution in [3.8, 4) is 11.1 Å². The Hall–Kier alpha value is -0.483. The molecule has 6 heteroatoms. The third-order valence-electron chi connectivity index (χ3n) is 8.24. The van der Waals surface area contributed by atoms with Crippen LogP contribution in [0.1, 0.15) is 51.5 Å². The molecule has 0 spiro atoms. The topological polar surface area (TPSA) is 0 Å². The summed E-state index contributed by atoms with van der Waals surface area (Å²) in [6, 6.07) is 18.5. The number of thiophene rings is 1. The Morgan fingerprint density at radius 1 is 0.919 bits per heavy atom. The Kier molecular flexibility index (Phi) is 9.38. The molecule has 0 saturated heterocycles. The van der Waals surface area contributed by atoms with E-state index >= 15 is 0 Å². The average molecular weight is 660 g/mol. The molecule has 2 bridgehead atoms. The van der Waals surface area contributed by atoms with Crippen LogP contribution in [-0.2, 0) is 24.7 Å². The zero-order valence-electron chi connectivity index (χ0n) is 23.2. The van der Waals surface area contributed by atoms with Crippen molar-refractivity contribution < 1.29 is 49.5 Å². The largest absolute Gasteiger partial charge is 1.00 e. The smallest absolute Gasteiger partial charge is 0.0941 e. The molecule has 0 amide bonds. The summed E-state index contributed by atoms with van der Waals surface area (Å²) >= 11 is 3.56. The van der Waals surface area contributed by atoms with Crippen LogP contribution in [0.2, 0.25) is 32.7 Å². The van der Waals surface area contributed by atoms with Gasteiger partial charge in [-0.2, -0.15) is 0 Å². The maximum absolute atomic E-state index is 2.51. The number of halogens is 2. The van der Waals surface area contributed by atoms with Gasteiger partial charge in [0.2, 0.25) is 0 Å². The fourth-order valence-electron chi connectivity index (χ4n) is 6.42. The van der Waals surface area contributed by atoms with Crippen molar-refractivity contribution in [2.75, 3.05) is 0 Å². The van der Waals surface area contributed by atoms with Crippen LogP contribution in [0.4, 0.5) is 0 Å². The van der Waals surface area contributed by atoms with E-state index in [2.05, 4.69) is 113 Å². The Labute approximate surface area is 257 Å². The molecular formula is C31H37Cl2SSi2Zr. The fraction of sp³-hybridized carbons (Fsp3) is 0.355. The SMILES string of the molecule is CC(C)C1=Cc2c(-c3ccc([Si](C)(C)C)cc3)cccc2[CH]1[Zr+2].CC1=C2c3ccsc3C1[Si]2(C)C.[Cl-].[Cl-]. The van der Waals surface area contributed by atoms with Gasteiger partial charge in [0.05, 0.1) is 8.07 Å². The van der Waals surface area contributed by atoms with Gasteiger partial charge in [-0.25, -0.2) is 0 Å². The average Bonchev–Trinajstić information content (AvgIpc) is 3.50. The minimum atomic E-state index is -1.22. The Bertz CT molecular complexity index is 1360. The van der Waals surface area contributed by atoms with Crippen LogP contribution < -0.4 is 30.0 Å². The molecule has 0 radical (unpaired) electrons. The van der Waals surface area contributed by atoms with Gasteiger partial charge in [0, 0.05) is 10.4 Å². The minimum absolute atomic E-state index is 0. The second-order valence-electron chi connectivity index (χ2n) is 12.3. The molecule has 7 rings (SSSR count). The van der Waals surface area contributed by atoms with Crippen LogP contribution in [0.5, 0.6) is 0 Å². The summed E-state index contributed by atoms with van der Waals surface area (Å²) in [7, 11) is -2.19. The molecule has 3 heterocycles. The molecule has 37 heavy (non-hydrogen) atoms. The monoisotopic (exact) mass is 657 g/mol. The third kappa shape index (κ3) is 5.21. The van der Waals surface area contributed by atoms with Gasteiger partial charge >= 0.3 is 157 Å². The molecule has 0 saturated carbocycles. The molecule has 3 aromatic rings. The summed E-state index contributed by atoms with van der Waals surface area (Å²) in [5.41, 5.74) is 11.5. The molecule has 1 aromatic heterocycles. The molecule has 0 nitrogen and oxygen atoms in total. The van der Waals surface area contributed by atoms with Gasteiger partial charge in [0.25, 0.3) is 0 Å². The van der Waals surface area contributed by atoms with E-state index in [0.29, 0.717) is 9.54 Å². The first-order valence-electron chi connectivity index (χ1n) is 12.9. The number of fused-ring (bicyclic) bond motifs is 1. The molecular weight excluding hydrogens is 623 g/mol. The molecule has 2 aliphatic heterocycles. The molecule has 2 aliphatic carbocycles. The molecule has 2 atom stereocenters. The molecule has 0 N–H and O–H groups in total. The first-order valence-corrected chi connectivity index (χ1v) is 21.8. The van der Waals surface area contributed by atoms with Crippen LogP contribution in [-0.4, -0.2) is 16.1 Å². The van der Waals surface area contributed by atoms with Crippen molar-refractivity contribution in [2.24, 2.45) is 5.92 Å². The number of hydrogen-bond acceptors (Lipinski definition) is 1. The fourth-order valence-corrected chi connectivity index (χ4v) is 15.5. The Morgan fingerprint density at radius 2 is 1.57 bits per heavy atom. The van der Waals surface area contributed by atoms with Crippen molar-refractivity contribution in [3.05, 3.63) is 86.6 Å². The van der Waals surface area contributed by atoms with E-state index in [1.54, 1.807) is 51.5 Å². The second-order valence-corrected chi connectivity index (χ2v) is 24.2. The quantitative estimate of drug-likeness (QED) is 0.380. The van der Waals surface area contributed by atoms with E-state index in [0.717, 1.165) is 5.54 Å². The Balaban J connectivity index is 0.000000229. The van der Waals surface area contributed by atoms with E-state index in [4.69, 9.17) is 0 Å². The van der Waals surface area contributed by atoms with E-state index < -0.39 is 16.1 Å². The van der Waals surface area contributed by atoms with Gasteiger partial charge in [-0.15, -0.1) is 11.3 Å². The zero-order valence-corrected chi connectivity index (χ0v) is 30.0. The number of rotatable bonds is 3. The van der Waals surface area contributed by atoms with Crippen LogP contribution in [0.25, 0.3) is 22.4 Å². The second kappa shape index (κ2) is 11.2. The zero-order chi connectivity index (χ0) is 25.3. The molecule has 4 aliphatic rings. The van der Waals surface area contributed by atoms with Crippen molar-refractivity contribution in [2.45, 2.75) is 62.7 Å². The summed E-state index contributed by atoms with van der Waals surface area (Å²) < 4.78 is 0.637. The number of allylic oxidation sites excluding steroid dienone is 2. The van der Waals surface area contributed by atoms with Crippen molar-refractivity contribution in [3.63, 3.8) is 0 Å². The maximum atomic E-state index is 2.51. The summed E-state index contributed by atoms with van der Waals surface area (Å²) in [4.78, 5) is 1.68. The maximum Gasteiger partial charge on any atom is 0.0941 e. The van der Waals surface area contributed by atoms with Gasteiger partial charge in [-0.3, -0.25) is 0 Å². The van der Waals surface area contributed by atoms with E-state index in [1.807, 2.05) is 11.3 Å². The van der Waals surface area contributed by atoms with Gasteiger partial charge in [-0.05, 0) is 23.9 Å². The van der Waals surface area contributed by atoms with E-state index in [-0.39, 0.29) is 24.8 Å². The van der Waals surface area contributed by atoms with Gasteiger partial charge in [-0.1, -0.05) is 23.9 Å². The summed E-state index contributed by atoms with van der Waals surface area (Å²) in [5, 5.41) is 5.54. The third-order valence-corrected chi connectivity index (χ3v) is 17.2. The number of benzene rings is 2. The van der Waals surface area contributed by atoms with Gasteiger partial charge in [0.1, 0.15) is 0 Å². The van der Waals surface area contributed by atoms with Crippen LogP contribution in [0.3, 0.4) is 0 Å². The predicted octanol–water partition coefficient (Wildman–Crippen LogP) is 2.97. The summed E-state index contributed by atoms with van der Waals surface area (Å²) in [6.45, 7) is 19.2. The van der Waals surface area contributed by atoms with Crippen molar-refractivity contribution in [1.29, 1.82) is 0 Å². The molecule has 2 unspecified atom stereocenters. The van der Waals surface area contributed by atoms with Crippen LogP contribution in [0, 0.1) is 5.92 Å². The minimum Gasteiger partial charge on any atom is -1.00 e. The molecule has 193 valence electrons. The normalized spacial score (nSPS) is 20.1.